The summed E-state index contributed by atoms with van der Waals surface area (Å²) in [6.07, 6.45) is 0.672. The SMILES string of the molecule is COC1(OC)CCOCC1CO. The average Bonchev–Trinajstić information content (AvgIpc) is 2.17. The van der Waals surface area contributed by atoms with Gasteiger partial charge in [0.2, 0.25) is 0 Å². The molecule has 0 radical (unpaired) electrons. The number of aliphatic hydroxyl groups excluding tert-OH is 1. The van der Waals surface area contributed by atoms with Gasteiger partial charge in [0.1, 0.15) is 0 Å². The summed E-state index contributed by atoms with van der Waals surface area (Å²) >= 11 is 0. The molecule has 12 heavy (non-hydrogen) atoms. The van der Waals surface area contributed by atoms with E-state index in [0.29, 0.717) is 19.6 Å². The van der Waals surface area contributed by atoms with Crippen LogP contribution in [0.25, 0.3) is 0 Å². The van der Waals surface area contributed by atoms with Gasteiger partial charge in [-0.3, -0.25) is 0 Å². The Morgan fingerprint density at radius 1 is 1.50 bits per heavy atom. The molecule has 1 saturated heterocycles. The summed E-state index contributed by atoms with van der Waals surface area (Å²) < 4.78 is 15.8. The van der Waals surface area contributed by atoms with E-state index in [1.165, 1.54) is 0 Å². The number of aliphatic hydroxyl groups is 1. The van der Waals surface area contributed by atoms with Crippen LogP contribution in [-0.4, -0.2) is 44.9 Å². The molecule has 1 rings (SSSR count). The van der Waals surface area contributed by atoms with Crippen molar-refractivity contribution in [2.45, 2.75) is 12.2 Å². The smallest absolute Gasteiger partial charge is 0.176 e. The molecule has 72 valence electrons. The van der Waals surface area contributed by atoms with Crippen LogP contribution in [0.2, 0.25) is 0 Å². The van der Waals surface area contributed by atoms with Gasteiger partial charge < -0.3 is 19.3 Å². The highest BCUT2D eigenvalue weighted by atomic mass is 16.7. The molecule has 1 atom stereocenters. The van der Waals surface area contributed by atoms with Crippen molar-refractivity contribution in [2.75, 3.05) is 34.0 Å². The molecule has 0 aromatic rings. The van der Waals surface area contributed by atoms with Gasteiger partial charge in [-0.1, -0.05) is 0 Å². The van der Waals surface area contributed by atoms with Gasteiger partial charge in [0.15, 0.2) is 5.79 Å². The van der Waals surface area contributed by atoms with Gasteiger partial charge in [-0.2, -0.15) is 0 Å². The molecule has 0 bridgehead atoms. The number of ether oxygens (including phenoxy) is 3. The first-order valence-electron chi connectivity index (χ1n) is 4.08. The van der Waals surface area contributed by atoms with Crippen LogP contribution in [0.1, 0.15) is 6.42 Å². The molecule has 1 aliphatic rings. The van der Waals surface area contributed by atoms with Crippen LogP contribution >= 0.6 is 0 Å². The molecular formula is C8H16O4. The number of methoxy groups -OCH3 is 2. The highest BCUT2D eigenvalue weighted by Crippen LogP contribution is 2.30. The maximum atomic E-state index is 9.05. The minimum atomic E-state index is -0.646. The predicted octanol–water partition coefficient (Wildman–Crippen LogP) is 0.00430. The standard InChI is InChI=1S/C8H16O4/c1-10-8(11-2)3-4-12-6-7(8)5-9/h7,9H,3-6H2,1-2H3. The quantitative estimate of drug-likeness (QED) is 0.615. The fourth-order valence-corrected chi connectivity index (χ4v) is 1.58. The molecule has 4 heteroatoms. The van der Waals surface area contributed by atoms with Crippen LogP contribution < -0.4 is 0 Å². The van der Waals surface area contributed by atoms with Gasteiger partial charge >= 0.3 is 0 Å². The zero-order valence-corrected chi connectivity index (χ0v) is 7.58. The molecule has 0 aromatic heterocycles. The zero-order chi connectivity index (χ0) is 9.03. The fraction of sp³-hybridized carbons (Fsp3) is 1.00. The molecule has 0 amide bonds. The monoisotopic (exact) mass is 176 g/mol. The van der Waals surface area contributed by atoms with Crippen molar-refractivity contribution in [2.24, 2.45) is 5.92 Å². The Kier molecular flexibility index (Phi) is 3.46. The Morgan fingerprint density at radius 3 is 2.58 bits per heavy atom. The average molecular weight is 176 g/mol. The van der Waals surface area contributed by atoms with E-state index in [0.717, 1.165) is 0 Å². The maximum absolute atomic E-state index is 9.05. The predicted molar refractivity (Wildman–Crippen MR) is 42.8 cm³/mol. The first-order chi connectivity index (χ1) is 5.79. The van der Waals surface area contributed by atoms with Gasteiger partial charge in [0.05, 0.1) is 25.7 Å². The van der Waals surface area contributed by atoms with Crippen LogP contribution in [0.4, 0.5) is 0 Å². The first-order valence-corrected chi connectivity index (χ1v) is 4.08. The highest BCUT2D eigenvalue weighted by molar-refractivity contribution is 4.81. The third kappa shape index (κ3) is 1.61. The van der Waals surface area contributed by atoms with Crippen molar-refractivity contribution in [3.8, 4) is 0 Å². The molecule has 1 fully saturated rings. The lowest BCUT2D eigenvalue weighted by molar-refractivity contribution is -0.280. The van der Waals surface area contributed by atoms with E-state index in [1.807, 2.05) is 0 Å². The summed E-state index contributed by atoms with van der Waals surface area (Å²) in [5.41, 5.74) is 0. The second-order valence-electron chi connectivity index (χ2n) is 2.92. The van der Waals surface area contributed by atoms with Crippen molar-refractivity contribution < 1.29 is 19.3 Å². The van der Waals surface area contributed by atoms with Crippen LogP contribution in [0.15, 0.2) is 0 Å². The molecule has 0 aliphatic carbocycles. The molecule has 0 saturated carbocycles. The Morgan fingerprint density at radius 2 is 2.17 bits per heavy atom. The van der Waals surface area contributed by atoms with E-state index < -0.39 is 5.79 Å². The summed E-state index contributed by atoms with van der Waals surface area (Å²) in [7, 11) is 3.19. The minimum Gasteiger partial charge on any atom is -0.396 e. The highest BCUT2D eigenvalue weighted by Gasteiger charge is 2.41. The van der Waals surface area contributed by atoms with Crippen molar-refractivity contribution in [3.63, 3.8) is 0 Å². The third-order valence-corrected chi connectivity index (χ3v) is 2.45. The van der Waals surface area contributed by atoms with E-state index in [1.54, 1.807) is 14.2 Å². The molecule has 4 nitrogen and oxygen atoms in total. The van der Waals surface area contributed by atoms with Gasteiger partial charge in [0.25, 0.3) is 0 Å². The second-order valence-corrected chi connectivity index (χ2v) is 2.92. The summed E-state index contributed by atoms with van der Waals surface area (Å²) in [6, 6.07) is 0. The Labute approximate surface area is 72.4 Å². The second kappa shape index (κ2) is 4.18. The third-order valence-electron chi connectivity index (χ3n) is 2.45. The lowest BCUT2D eigenvalue weighted by atomic mass is 9.95. The summed E-state index contributed by atoms with van der Waals surface area (Å²) in [6.45, 7) is 1.15. The fourth-order valence-electron chi connectivity index (χ4n) is 1.58. The Hall–Kier alpha value is -0.160. The van der Waals surface area contributed by atoms with E-state index in [2.05, 4.69) is 0 Å². The largest absolute Gasteiger partial charge is 0.396 e. The lowest BCUT2D eigenvalue weighted by Gasteiger charge is -2.40. The normalized spacial score (nSPS) is 28.8. The Bertz CT molecular complexity index is 133. The van der Waals surface area contributed by atoms with E-state index >= 15 is 0 Å². The molecule has 1 heterocycles. The molecule has 1 N–H and O–H groups in total. The molecule has 1 aliphatic heterocycles. The van der Waals surface area contributed by atoms with E-state index in [-0.39, 0.29) is 12.5 Å². The van der Waals surface area contributed by atoms with Crippen LogP contribution in [-0.2, 0) is 14.2 Å². The number of rotatable bonds is 3. The van der Waals surface area contributed by atoms with Gasteiger partial charge in [-0.05, 0) is 0 Å². The topological polar surface area (TPSA) is 47.9 Å². The first kappa shape index (κ1) is 9.92. The summed E-state index contributed by atoms with van der Waals surface area (Å²) in [4.78, 5) is 0. The molecular weight excluding hydrogens is 160 g/mol. The minimum absolute atomic E-state index is 0.0294. The van der Waals surface area contributed by atoms with Crippen molar-refractivity contribution >= 4 is 0 Å². The Balaban J connectivity index is 2.66. The lowest BCUT2D eigenvalue weighted by Crippen LogP contribution is -2.50. The maximum Gasteiger partial charge on any atom is 0.176 e. The number of hydrogen-bond donors (Lipinski definition) is 1. The molecule has 1 unspecified atom stereocenters. The summed E-state index contributed by atoms with van der Waals surface area (Å²) in [5.74, 6) is -0.728. The van der Waals surface area contributed by atoms with Gasteiger partial charge in [-0.15, -0.1) is 0 Å². The molecule has 0 aromatic carbocycles. The van der Waals surface area contributed by atoms with Crippen molar-refractivity contribution in [1.82, 2.24) is 0 Å². The van der Waals surface area contributed by atoms with E-state index in [9.17, 15) is 0 Å². The number of hydrogen-bond acceptors (Lipinski definition) is 4. The van der Waals surface area contributed by atoms with Crippen LogP contribution in [0, 0.1) is 5.92 Å². The van der Waals surface area contributed by atoms with Crippen LogP contribution in [0.5, 0.6) is 0 Å². The van der Waals surface area contributed by atoms with Gasteiger partial charge in [0, 0.05) is 20.6 Å². The van der Waals surface area contributed by atoms with Crippen molar-refractivity contribution in [3.05, 3.63) is 0 Å². The van der Waals surface area contributed by atoms with Crippen LogP contribution in [0.3, 0.4) is 0 Å². The van der Waals surface area contributed by atoms with Gasteiger partial charge in [-0.25, -0.2) is 0 Å². The van der Waals surface area contributed by atoms with Crippen molar-refractivity contribution in [1.29, 1.82) is 0 Å². The summed E-state index contributed by atoms with van der Waals surface area (Å²) in [5, 5.41) is 9.05. The molecule has 0 spiro atoms. The zero-order valence-electron chi connectivity index (χ0n) is 7.58. The van der Waals surface area contributed by atoms with E-state index in [4.69, 9.17) is 19.3 Å².